The van der Waals surface area contributed by atoms with E-state index in [9.17, 15) is 0 Å². The molecule has 1 rings (SSSR count). The van der Waals surface area contributed by atoms with Crippen LogP contribution < -0.4 is 10.6 Å². The highest BCUT2D eigenvalue weighted by Crippen LogP contribution is 2.12. The average molecular weight is 210 g/mol. The van der Waals surface area contributed by atoms with Crippen LogP contribution in [-0.2, 0) is 4.74 Å². The lowest BCUT2D eigenvalue weighted by molar-refractivity contribution is 0.128. The molecular formula is C10H18N4O. The van der Waals surface area contributed by atoms with Crippen molar-refractivity contribution in [2.45, 2.75) is 20.0 Å². The predicted molar refractivity (Wildman–Crippen MR) is 61.3 cm³/mol. The zero-order valence-electron chi connectivity index (χ0n) is 9.66. The Morgan fingerprint density at radius 2 is 2.27 bits per heavy atom. The lowest BCUT2D eigenvalue weighted by Crippen LogP contribution is -2.19. The summed E-state index contributed by atoms with van der Waals surface area (Å²) in [5.74, 6) is 1.46. The fourth-order valence-electron chi connectivity index (χ4n) is 1.07. The Morgan fingerprint density at radius 1 is 1.53 bits per heavy atom. The second kappa shape index (κ2) is 5.50. The summed E-state index contributed by atoms with van der Waals surface area (Å²) in [6.07, 6.45) is 1.95. The molecule has 0 aliphatic carbocycles. The van der Waals surface area contributed by atoms with E-state index in [1.165, 1.54) is 0 Å². The summed E-state index contributed by atoms with van der Waals surface area (Å²) in [4.78, 5) is 8.42. The topological polar surface area (TPSA) is 59.1 Å². The predicted octanol–water partition coefficient (Wildman–Crippen LogP) is 1.27. The first kappa shape index (κ1) is 11.7. The molecule has 0 radical (unpaired) electrons. The summed E-state index contributed by atoms with van der Waals surface area (Å²) in [6, 6.07) is 0. The number of nitrogens with zero attached hydrogens (tertiary/aromatic N) is 2. The molecule has 5 heteroatoms. The first-order valence-corrected chi connectivity index (χ1v) is 4.95. The first-order valence-electron chi connectivity index (χ1n) is 4.95. The van der Waals surface area contributed by atoms with E-state index >= 15 is 0 Å². The standard InChI is InChI=1S/C10H18N4O/c1-7-5-13-10(11-3)14-9(7)12-6-8(2)15-4/h5,8H,6H2,1-4H3,(H2,11,12,13,14). The fraction of sp³-hybridized carbons (Fsp3) is 0.600. The molecule has 1 heterocycles. The molecule has 0 amide bonds. The zero-order valence-corrected chi connectivity index (χ0v) is 9.66. The van der Waals surface area contributed by atoms with Gasteiger partial charge in [0.2, 0.25) is 5.95 Å². The molecule has 15 heavy (non-hydrogen) atoms. The van der Waals surface area contributed by atoms with E-state index < -0.39 is 0 Å². The number of aromatic nitrogens is 2. The van der Waals surface area contributed by atoms with Gasteiger partial charge in [0.25, 0.3) is 0 Å². The van der Waals surface area contributed by atoms with E-state index in [1.807, 2.05) is 13.8 Å². The van der Waals surface area contributed by atoms with Gasteiger partial charge in [-0.05, 0) is 13.8 Å². The van der Waals surface area contributed by atoms with Crippen LogP contribution in [0.3, 0.4) is 0 Å². The van der Waals surface area contributed by atoms with Crippen molar-refractivity contribution < 1.29 is 4.74 Å². The molecule has 0 saturated carbocycles. The number of anilines is 2. The van der Waals surface area contributed by atoms with Crippen LogP contribution in [0.5, 0.6) is 0 Å². The van der Waals surface area contributed by atoms with Gasteiger partial charge < -0.3 is 15.4 Å². The van der Waals surface area contributed by atoms with Crippen molar-refractivity contribution in [3.63, 3.8) is 0 Å². The molecule has 5 nitrogen and oxygen atoms in total. The largest absolute Gasteiger partial charge is 0.380 e. The molecule has 0 saturated heterocycles. The Morgan fingerprint density at radius 3 is 2.87 bits per heavy atom. The highest BCUT2D eigenvalue weighted by Gasteiger charge is 2.04. The van der Waals surface area contributed by atoms with E-state index in [-0.39, 0.29) is 6.10 Å². The van der Waals surface area contributed by atoms with Crippen LogP contribution in [-0.4, -0.2) is 36.8 Å². The molecule has 1 aromatic heterocycles. The summed E-state index contributed by atoms with van der Waals surface area (Å²) < 4.78 is 5.15. The molecule has 0 aliphatic heterocycles. The minimum absolute atomic E-state index is 0.164. The van der Waals surface area contributed by atoms with E-state index in [0.717, 1.165) is 17.9 Å². The van der Waals surface area contributed by atoms with Crippen LogP contribution in [0, 0.1) is 6.92 Å². The number of methoxy groups -OCH3 is 1. The minimum atomic E-state index is 0.164. The third-order valence-corrected chi connectivity index (χ3v) is 2.15. The van der Waals surface area contributed by atoms with Crippen molar-refractivity contribution >= 4 is 11.8 Å². The molecule has 0 bridgehead atoms. The van der Waals surface area contributed by atoms with Gasteiger partial charge in [-0.15, -0.1) is 0 Å². The maximum absolute atomic E-state index is 5.15. The Kier molecular flexibility index (Phi) is 4.30. The number of hydrogen-bond acceptors (Lipinski definition) is 5. The Hall–Kier alpha value is -1.36. The highest BCUT2D eigenvalue weighted by atomic mass is 16.5. The minimum Gasteiger partial charge on any atom is -0.380 e. The SMILES string of the molecule is CNc1ncc(C)c(NCC(C)OC)n1. The van der Waals surface area contributed by atoms with E-state index in [1.54, 1.807) is 20.4 Å². The third-order valence-electron chi connectivity index (χ3n) is 2.15. The number of aryl methyl sites for hydroxylation is 1. The molecule has 0 spiro atoms. The van der Waals surface area contributed by atoms with Crippen LogP contribution >= 0.6 is 0 Å². The maximum atomic E-state index is 5.15. The van der Waals surface area contributed by atoms with Crippen molar-refractivity contribution in [2.24, 2.45) is 0 Å². The van der Waals surface area contributed by atoms with Gasteiger partial charge in [-0.2, -0.15) is 4.98 Å². The van der Waals surface area contributed by atoms with Crippen LogP contribution in [0.25, 0.3) is 0 Å². The summed E-state index contributed by atoms with van der Waals surface area (Å²) in [5.41, 5.74) is 1.03. The molecule has 1 unspecified atom stereocenters. The van der Waals surface area contributed by atoms with Crippen LogP contribution in [0.4, 0.5) is 11.8 Å². The normalized spacial score (nSPS) is 12.3. The third kappa shape index (κ3) is 3.36. The van der Waals surface area contributed by atoms with Gasteiger partial charge in [-0.25, -0.2) is 4.98 Å². The molecule has 84 valence electrons. The van der Waals surface area contributed by atoms with E-state index in [2.05, 4.69) is 20.6 Å². The molecule has 1 aromatic rings. The van der Waals surface area contributed by atoms with Crippen molar-refractivity contribution in [1.29, 1.82) is 0 Å². The van der Waals surface area contributed by atoms with Gasteiger partial charge in [0.1, 0.15) is 5.82 Å². The van der Waals surface area contributed by atoms with Gasteiger partial charge >= 0.3 is 0 Å². The van der Waals surface area contributed by atoms with Crippen molar-refractivity contribution in [2.75, 3.05) is 31.3 Å². The van der Waals surface area contributed by atoms with Crippen molar-refractivity contribution in [3.05, 3.63) is 11.8 Å². The highest BCUT2D eigenvalue weighted by molar-refractivity contribution is 5.46. The number of hydrogen-bond donors (Lipinski definition) is 2. The van der Waals surface area contributed by atoms with Crippen molar-refractivity contribution in [1.82, 2.24) is 9.97 Å². The summed E-state index contributed by atoms with van der Waals surface area (Å²) >= 11 is 0. The lowest BCUT2D eigenvalue weighted by Gasteiger charge is -2.13. The van der Waals surface area contributed by atoms with Gasteiger partial charge in [-0.3, -0.25) is 0 Å². The summed E-state index contributed by atoms with van der Waals surface area (Å²) in [6.45, 7) is 4.71. The Balaban J connectivity index is 2.66. The summed E-state index contributed by atoms with van der Waals surface area (Å²) in [7, 11) is 3.49. The van der Waals surface area contributed by atoms with Gasteiger partial charge in [0.15, 0.2) is 0 Å². The number of ether oxygens (including phenoxy) is 1. The Bertz CT molecular complexity index is 316. The van der Waals surface area contributed by atoms with Crippen LogP contribution in [0.1, 0.15) is 12.5 Å². The fourth-order valence-corrected chi connectivity index (χ4v) is 1.07. The monoisotopic (exact) mass is 210 g/mol. The van der Waals surface area contributed by atoms with Gasteiger partial charge in [-0.1, -0.05) is 0 Å². The molecule has 2 N–H and O–H groups in total. The van der Waals surface area contributed by atoms with Crippen LogP contribution in [0.2, 0.25) is 0 Å². The molecule has 0 aromatic carbocycles. The van der Waals surface area contributed by atoms with E-state index in [4.69, 9.17) is 4.74 Å². The molecule has 0 aliphatic rings. The average Bonchev–Trinajstić information content (AvgIpc) is 2.27. The first-order chi connectivity index (χ1) is 7.17. The number of rotatable bonds is 5. The van der Waals surface area contributed by atoms with Crippen LogP contribution in [0.15, 0.2) is 6.20 Å². The molecule has 0 fully saturated rings. The Labute approximate surface area is 90.3 Å². The van der Waals surface area contributed by atoms with Gasteiger partial charge in [0.05, 0.1) is 6.10 Å². The zero-order chi connectivity index (χ0) is 11.3. The summed E-state index contributed by atoms with van der Waals surface area (Å²) in [5, 5.41) is 6.12. The number of nitrogens with one attached hydrogen (secondary N) is 2. The lowest BCUT2D eigenvalue weighted by atomic mass is 10.3. The second-order valence-electron chi connectivity index (χ2n) is 3.40. The quantitative estimate of drug-likeness (QED) is 0.766. The smallest absolute Gasteiger partial charge is 0.224 e. The molecular weight excluding hydrogens is 192 g/mol. The van der Waals surface area contributed by atoms with Gasteiger partial charge in [0, 0.05) is 32.5 Å². The molecule has 1 atom stereocenters. The van der Waals surface area contributed by atoms with E-state index in [0.29, 0.717) is 5.95 Å². The second-order valence-corrected chi connectivity index (χ2v) is 3.40. The van der Waals surface area contributed by atoms with Crippen molar-refractivity contribution in [3.8, 4) is 0 Å². The maximum Gasteiger partial charge on any atom is 0.224 e.